The van der Waals surface area contributed by atoms with Crippen molar-refractivity contribution in [3.63, 3.8) is 0 Å². The third kappa shape index (κ3) is 1.60. The summed E-state index contributed by atoms with van der Waals surface area (Å²) in [5, 5.41) is 9.89. The van der Waals surface area contributed by atoms with Crippen LogP contribution in [0.3, 0.4) is 0 Å². The van der Waals surface area contributed by atoms with Crippen LogP contribution < -0.4 is 0 Å². The van der Waals surface area contributed by atoms with Crippen LogP contribution in [0.1, 0.15) is 24.2 Å². The monoisotopic (exact) mass is 178 g/mol. The Bertz CT molecular complexity index is 298. The van der Waals surface area contributed by atoms with E-state index < -0.39 is 6.10 Å². The van der Waals surface area contributed by atoms with Crippen molar-refractivity contribution in [1.29, 1.82) is 0 Å². The zero-order valence-electron chi connectivity index (χ0n) is 7.95. The molecular weight excluding hydrogens is 164 g/mol. The number of aliphatic hydroxyl groups excluding tert-OH is 1. The Morgan fingerprint density at radius 2 is 1.92 bits per heavy atom. The quantitative estimate of drug-likeness (QED) is 0.701. The minimum absolute atomic E-state index is 0.338. The van der Waals surface area contributed by atoms with Gasteiger partial charge in [0, 0.05) is 0 Å². The van der Waals surface area contributed by atoms with E-state index >= 15 is 0 Å². The van der Waals surface area contributed by atoms with Crippen molar-refractivity contribution in [2.75, 3.05) is 6.61 Å². The Hall–Kier alpha value is -0.860. The summed E-state index contributed by atoms with van der Waals surface area (Å²) in [7, 11) is 0. The summed E-state index contributed by atoms with van der Waals surface area (Å²) in [6.07, 6.45) is -0.493. The highest BCUT2D eigenvalue weighted by Gasteiger charge is 2.46. The molecule has 1 saturated heterocycles. The van der Waals surface area contributed by atoms with Gasteiger partial charge in [-0.25, -0.2) is 0 Å². The van der Waals surface area contributed by atoms with E-state index in [9.17, 15) is 5.11 Å². The molecule has 2 rings (SSSR count). The van der Waals surface area contributed by atoms with E-state index in [4.69, 9.17) is 4.74 Å². The van der Waals surface area contributed by atoms with Gasteiger partial charge in [0.1, 0.15) is 11.7 Å². The number of hydrogen-bond donors (Lipinski definition) is 1. The van der Waals surface area contributed by atoms with Gasteiger partial charge in [0.25, 0.3) is 0 Å². The van der Waals surface area contributed by atoms with Crippen molar-refractivity contribution >= 4 is 0 Å². The molecule has 0 saturated carbocycles. The molecule has 0 spiro atoms. The molecule has 1 N–H and O–H groups in total. The number of aryl methyl sites for hydroxylation is 1. The standard InChI is InChI=1S/C11H14O2/c1-8-3-5-9(6-4-8)10(12)11(2)7-13-11/h3-6,10,12H,7H2,1-2H3. The van der Waals surface area contributed by atoms with E-state index in [-0.39, 0.29) is 5.60 Å². The second kappa shape index (κ2) is 2.82. The maximum absolute atomic E-state index is 9.89. The molecule has 0 bridgehead atoms. The van der Waals surface area contributed by atoms with Gasteiger partial charge in [-0.3, -0.25) is 0 Å². The summed E-state index contributed by atoms with van der Waals surface area (Å²) >= 11 is 0. The molecule has 1 aliphatic rings. The number of epoxide rings is 1. The third-order valence-electron chi connectivity index (χ3n) is 2.57. The normalized spacial score (nSPS) is 28.5. The highest BCUT2D eigenvalue weighted by molar-refractivity contribution is 5.26. The summed E-state index contributed by atoms with van der Waals surface area (Å²) in [5.41, 5.74) is 1.80. The smallest absolute Gasteiger partial charge is 0.119 e. The molecule has 1 fully saturated rings. The average Bonchev–Trinajstić information content (AvgIpc) is 2.85. The molecule has 2 heteroatoms. The van der Waals surface area contributed by atoms with Crippen molar-refractivity contribution in [3.8, 4) is 0 Å². The Kier molecular flexibility index (Phi) is 1.90. The largest absolute Gasteiger partial charge is 0.385 e. The topological polar surface area (TPSA) is 32.8 Å². The maximum Gasteiger partial charge on any atom is 0.119 e. The molecule has 1 aliphatic heterocycles. The van der Waals surface area contributed by atoms with Gasteiger partial charge >= 0.3 is 0 Å². The molecule has 1 aromatic carbocycles. The van der Waals surface area contributed by atoms with E-state index in [2.05, 4.69) is 0 Å². The number of rotatable bonds is 2. The first-order valence-corrected chi connectivity index (χ1v) is 4.50. The van der Waals surface area contributed by atoms with Gasteiger partial charge in [-0.05, 0) is 19.4 Å². The van der Waals surface area contributed by atoms with Crippen LogP contribution >= 0.6 is 0 Å². The highest BCUT2D eigenvalue weighted by Crippen LogP contribution is 2.39. The van der Waals surface area contributed by atoms with E-state index in [0.29, 0.717) is 6.61 Å². The molecule has 1 heterocycles. The molecule has 0 amide bonds. The first-order chi connectivity index (χ1) is 6.12. The fourth-order valence-electron chi connectivity index (χ4n) is 1.37. The molecule has 0 aliphatic carbocycles. The van der Waals surface area contributed by atoms with Crippen LogP contribution in [0.2, 0.25) is 0 Å². The Morgan fingerprint density at radius 3 is 2.38 bits per heavy atom. The van der Waals surface area contributed by atoms with Crippen molar-refractivity contribution < 1.29 is 9.84 Å². The summed E-state index contributed by atoms with van der Waals surface area (Å²) < 4.78 is 5.19. The van der Waals surface area contributed by atoms with E-state index in [1.54, 1.807) is 0 Å². The Labute approximate surface area is 78.2 Å². The van der Waals surface area contributed by atoms with Gasteiger partial charge in [-0.15, -0.1) is 0 Å². The lowest BCUT2D eigenvalue weighted by Crippen LogP contribution is -2.17. The summed E-state index contributed by atoms with van der Waals surface area (Å²) in [5.74, 6) is 0. The molecule has 1 aromatic rings. The highest BCUT2D eigenvalue weighted by atomic mass is 16.6. The fourth-order valence-corrected chi connectivity index (χ4v) is 1.37. The first-order valence-electron chi connectivity index (χ1n) is 4.50. The minimum atomic E-state index is -0.493. The predicted octanol–water partition coefficient (Wildman–Crippen LogP) is 1.82. The summed E-state index contributed by atoms with van der Waals surface area (Å²) in [6, 6.07) is 7.91. The van der Waals surface area contributed by atoms with Crippen LogP contribution in [0.25, 0.3) is 0 Å². The fraction of sp³-hybridized carbons (Fsp3) is 0.455. The van der Waals surface area contributed by atoms with Crippen LogP contribution in [0.15, 0.2) is 24.3 Å². The zero-order valence-corrected chi connectivity index (χ0v) is 7.95. The van der Waals surface area contributed by atoms with Crippen molar-refractivity contribution in [3.05, 3.63) is 35.4 Å². The van der Waals surface area contributed by atoms with Crippen molar-refractivity contribution in [2.45, 2.75) is 25.6 Å². The Morgan fingerprint density at radius 1 is 1.38 bits per heavy atom. The van der Waals surface area contributed by atoms with Gasteiger partial charge < -0.3 is 9.84 Å². The van der Waals surface area contributed by atoms with Gasteiger partial charge in [0.05, 0.1) is 6.61 Å². The molecule has 13 heavy (non-hydrogen) atoms. The molecule has 2 unspecified atom stereocenters. The second-order valence-corrected chi connectivity index (χ2v) is 3.91. The molecule has 0 radical (unpaired) electrons. The second-order valence-electron chi connectivity index (χ2n) is 3.91. The van der Waals surface area contributed by atoms with Gasteiger partial charge in [0.15, 0.2) is 0 Å². The maximum atomic E-state index is 9.89. The average molecular weight is 178 g/mol. The van der Waals surface area contributed by atoms with Crippen LogP contribution in [0, 0.1) is 6.92 Å². The zero-order chi connectivity index (χ0) is 9.47. The third-order valence-corrected chi connectivity index (χ3v) is 2.57. The molecule has 0 aromatic heterocycles. The lowest BCUT2D eigenvalue weighted by molar-refractivity contribution is 0.0849. The molecule has 2 nitrogen and oxygen atoms in total. The van der Waals surface area contributed by atoms with Gasteiger partial charge in [-0.1, -0.05) is 29.8 Å². The number of benzene rings is 1. The van der Waals surface area contributed by atoms with Gasteiger partial charge in [0.2, 0.25) is 0 Å². The molecule has 2 atom stereocenters. The lowest BCUT2D eigenvalue weighted by atomic mass is 9.97. The number of aliphatic hydroxyl groups is 1. The summed E-state index contributed by atoms with van der Waals surface area (Å²) in [6.45, 7) is 4.62. The van der Waals surface area contributed by atoms with Gasteiger partial charge in [-0.2, -0.15) is 0 Å². The van der Waals surface area contributed by atoms with Crippen molar-refractivity contribution in [2.24, 2.45) is 0 Å². The van der Waals surface area contributed by atoms with Crippen LogP contribution in [-0.4, -0.2) is 17.3 Å². The van der Waals surface area contributed by atoms with Crippen molar-refractivity contribution in [1.82, 2.24) is 0 Å². The van der Waals surface area contributed by atoms with E-state index in [1.807, 2.05) is 38.1 Å². The van der Waals surface area contributed by atoms with Crippen LogP contribution in [-0.2, 0) is 4.74 Å². The van der Waals surface area contributed by atoms with E-state index in [0.717, 1.165) is 5.56 Å². The number of ether oxygens (including phenoxy) is 1. The molecule has 70 valence electrons. The first kappa shape index (κ1) is 8.73. The SMILES string of the molecule is Cc1ccc(C(O)C2(C)CO2)cc1. The number of hydrogen-bond acceptors (Lipinski definition) is 2. The Balaban J connectivity index is 2.20. The predicted molar refractivity (Wildman–Crippen MR) is 50.5 cm³/mol. The molecular formula is C11H14O2. The lowest BCUT2D eigenvalue weighted by Gasteiger charge is -2.14. The minimum Gasteiger partial charge on any atom is -0.385 e. The van der Waals surface area contributed by atoms with Crippen LogP contribution in [0.4, 0.5) is 0 Å². The van der Waals surface area contributed by atoms with E-state index in [1.165, 1.54) is 5.56 Å². The summed E-state index contributed by atoms with van der Waals surface area (Å²) in [4.78, 5) is 0. The van der Waals surface area contributed by atoms with Crippen LogP contribution in [0.5, 0.6) is 0 Å².